The summed E-state index contributed by atoms with van der Waals surface area (Å²) in [5.74, 6) is -0.441. The summed E-state index contributed by atoms with van der Waals surface area (Å²) in [5, 5.41) is 13.9. The molecule has 1 aliphatic carbocycles. The van der Waals surface area contributed by atoms with Gasteiger partial charge in [0, 0.05) is 31.1 Å². The van der Waals surface area contributed by atoms with Crippen LogP contribution < -0.4 is 5.32 Å². The summed E-state index contributed by atoms with van der Waals surface area (Å²) in [6, 6.07) is 0. The van der Waals surface area contributed by atoms with E-state index in [0.29, 0.717) is 31.6 Å². The van der Waals surface area contributed by atoms with E-state index in [-0.39, 0.29) is 22.7 Å². The van der Waals surface area contributed by atoms with Crippen LogP contribution in [0.15, 0.2) is 12.2 Å². The van der Waals surface area contributed by atoms with Crippen molar-refractivity contribution in [2.45, 2.75) is 69.6 Å². The zero-order valence-electron chi connectivity index (χ0n) is 16.0. The summed E-state index contributed by atoms with van der Waals surface area (Å²) in [7, 11) is 0. The highest BCUT2D eigenvalue weighted by molar-refractivity contribution is 8.13. The van der Waals surface area contributed by atoms with Crippen molar-refractivity contribution in [2.75, 3.05) is 12.4 Å². The number of ketones is 1. The van der Waals surface area contributed by atoms with Crippen molar-refractivity contribution in [2.24, 2.45) is 11.8 Å². The quantitative estimate of drug-likeness (QED) is 0.641. The fourth-order valence-electron chi connectivity index (χ4n) is 4.65. The van der Waals surface area contributed by atoms with Crippen LogP contribution in [0.2, 0.25) is 0 Å². The van der Waals surface area contributed by atoms with Gasteiger partial charge in [-0.15, -0.1) is 0 Å². The second kappa shape index (κ2) is 8.05. The van der Waals surface area contributed by atoms with E-state index in [4.69, 9.17) is 4.74 Å². The maximum absolute atomic E-state index is 13.4. The third kappa shape index (κ3) is 3.38. The molecule has 0 spiro atoms. The molecule has 5 unspecified atom stereocenters. The first kappa shape index (κ1) is 20.6. The molecule has 6 nitrogen and oxygen atoms in total. The van der Waals surface area contributed by atoms with E-state index >= 15 is 0 Å². The molecule has 0 aromatic rings. The Morgan fingerprint density at radius 1 is 1.44 bits per heavy atom. The summed E-state index contributed by atoms with van der Waals surface area (Å²) >= 11 is 1.02. The molecule has 2 fully saturated rings. The summed E-state index contributed by atoms with van der Waals surface area (Å²) in [6.07, 6.45) is 6.86. The van der Waals surface area contributed by atoms with Gasteiger partial charge in [0.25, 0.3) is 0 Å². The van der Waals surface area contributed by atoms with E-state index in [2.05, 4.69) is 5.32 Å². The summed E-state index contributed by atoms with van der Waals surface area (Å²) < 4.78 is 5.96. The summed E-state index contributed by atoms with van der Waals surface area (Å²) in [6.45, 7) is 3.97. The van der Waals surface area contributed by atoms with E-state index in [0.717, 1.165) is 31.0 Å². The highest BCUT2D eigenvalue weighted by Gasteiger charge is 2.71. The number of rotatable bonds is 7. The smallest absolute Gasteiger partial charge is 0.227 e. The van der Waals surface area contributed by atoms with E-state index in [9.17, 15) is 19.5 Å². The minimum Gasteiger partial charge on any atom is -0.389 e. The van der Waals surface area contributed by atoms with Gasteiger partial charge in [0.1, 0.15) is 11.4 Å². The molecular weight excluding hydrogens is 366 g/mol. The van der Waals surface area contributed by atoms with Crippen molar-refractivity contribution in [3.63, 3.8) is 0 Å². The van der Waals surface area contributed by atoms with E-state index in [1.807, 2.05) is 12.2 Å². The zero-order chi connectivity index (χ0) is 19.7. The molecule has 2 saturated heterocycles. The SMILES string of the molecule is CCC(=O)CCSC(=O)C1(C(O)C2C=CCCC2)NC(=O)C2CCOC21C. The second-order valence-corrected chi connectivity index (χ2v) is 8.91. The number of carbonyl (C=O) groups excluding carboxylic acids is 3. The number of Topliss-reactive ketones (excluding diaryl/α,β-unsaturated/α-hetero) is 1. The van der Waals surface area contributed by atoms with Gasteiger partial charge in [-0.3, -0.25) is 14.4 Å². The molecule has 0 aromatic heterocycles. The third-order valence-corrected chi connectivity index (χ3v) is 7.36. The summed E-state index contributed by atoms with van der Waals surface area (Å²) in [4.78, 5) is 37.6. The van der Waals surface area contributed by atoms with Crippen LogP contribution in [0.1, 0.15) is 52.4 Å². The van der Waals surface area contributed by atoms with Gasteiger partial charge in [0.05, 0.1) is 12.0 Å². The molecule has 2 heterocycles. The van der Waals surface area contributed by atoms with Crippen molar-refractivity contribution in [3.8, 4) is 0 Å². The molecule has 2 N–H and O–H groups in total. The molecule has 0 saturated carbocycles. The highest BCUT2D eigenvalue weighted by atomic mass is 32.2. The van der Waals surface area contributed by atoms with Crippen LogP contribution >= 0.6 is 11.8 Å². The molecule has 3 rings (SSSR count). The molecule has 0 bridgehead atoms. The van der Waals surface area contributed by atoms with Gasteiger partial charge in [0.2, 0.25) is 11.0 Å². The molecule has 3 aliphatic rings. The second-order valence-electron chi connectivity index (χ2n) is 7.84. The van der Waals surface area contributed by atoms with Crippen molar-refractivity contribution in [1.29, 1.82) is 0 Å². The van der Waals surface area contributed by atoms with Gasteiger partial charge < -0.3 is 15.2 Å². The van der Waals surface area contributed by atoms with E-state index in [1.165, 1.54) is 0 Å². The topological polar surface area (TPSA) is 92.7 Å². The van der Waals surface area contributed by atoms with Crippen LogP contribution in [-0.2, 0) is 19.1 Å². The lowest BCUT2D eigenvalue weighted by Crippen LogP contribution is -2.69. The zero-order valence-corrected chi connectivity index (χ0v) is 16.8. The standard InChI is InChI=1S/C20H29NO5S/c1-3-14(22)10-12-27-18(25)20(16(23)13-7-5-4-6-8-13)19(2)15(9-11-26-19)17(24)21-20/h5,7,13,15-16,23H,3-4,6,8-12H2,1-2H3,(H,21,24). The number of hydrogen-bond donors (Lipinski definition) is 2. The first-order valence-corrected chi connectivity index (χ1v) is 10.8. The minimum absolute atomic E-state index is 0.0942. The third-order valence-electron chi connectivity index (χ3n) is 6.36. The van der Waals surface area contributed by atoms with Crippen molar-refractivity contribution in [3.05, 3.63) is 12.2 Å². The number of ether oxygens (including phenoxy) is 1. The average Bonchev–Trinajstić information content (AvgIpc) is 3.17. The number of allylic oxidation sites excluding steroid dienone is 1. The Hall–Kier alpha value is -1.18. The van der Waals surface area contributed by atoms with Crippen LogP contribution in [0.4, 0.5) is 0 Å². The van der Waals surface area contributed by atoms with Crippen molar-refractivity contribution < 1.29 is 24.2 Å². The average molecular weight is 396 g/mol. The molecule has 7 heteroatoms. The monoisotopic (exact) mass is 395 g/mol. The fraction of sp³-hybridized carbons (Fsp3) is 0.750. The first-order chi connectivity index (χ1) is 12.9. The number of aliphatic hydroxyl groups is 1. The van der Waals surface area contributed by atoms with E-state index in [1.54, 1.807) is 13.8 Å². The number of hydrogen-bond acceptors (Lipinski definition) is 6. The molecule has 0 radical (unpaired) electrons. The lowest BCUT2D eigenvalue weighted by Gasteiger charge is -2.45. The predicted octanol–water partition coefficient (Wildman–Crippen LogP) is 2.00. The fourth-order valence-corrected chi connectivity index (χ4v) is 5.77. The Morgan fingerprint density at radius 2 is 2.22 bits per heavy atom. The Bertz CT molecular complexity index is 650. The molecule has 5 atom stereocenters. The Balaban J connectivity index is 1.90. The maximum Gasteiger partial charge on any atom is 0.227 e. The number of nitrogens with one attached hydrogen (secondary N) is 1. The van der Waals surface area contributed by atoms with Crippen LogP contribution in [0.25, 0.3) is 0 Å². The number of carbonyl (C=O) groups is 3. The van der Waals surface area contributed by atoms with Gasteiger partial charge in [-0.05, 0) is 32.6 Å². The Morgan fingerprint density at radius 3 is 2.89 bits per heavy atom. The molecule has 0 aromatic carbocycles. The lowest BCUT2D eigenvalue weighted by molar-refractivity contribution is -0.143. The number of thioether (sulfide) groups is 1. The van der Waals surface area contributed by atoms with Crippen LogP contribution in [0, 0.1) is 11.8 Å². The van der Waals surface area contributed by atoms with Crippen molar-refractivity contribution >= 4 is 28.6 Å². The van der Waals surface area contributed by atoms with E-state index < -0.39 is 23.2 Å². The molecule has 1 amide bonds. The van der Waals surface area contributed by atoms with Crippen molar-refractivity contribution in [1.82, 2.24) is 5.32 Å². The highest BCUT2D eigenvalue weighted by Crippen LogP contribution is 2.51. The van der Waals surface area contributed by atoms with Gasteiger partial charge >= 0.3 is 0 Å². The summed E-state index contributed by atoms with van der Waals surface area (Å²) in [5.41, 5.74) is -2.56. The molecular formula is C20H29NO5S. The molecule has 2 aliphatic heterocycles. The number of aliphatic hydroxyl groups excluding tert-OH is 1. The van der Waals surface area contributed by atoms with Gasteiger partial charge in [-0.25, -0.2) is 0 Å². The van der Waals surface area contributed by atoms with Gasteiger partial charge in [-0.2, -0.15) is 0 Å². The Labute approximate surface area is 164 Å². The number of amides is 1. The van der Waals surface area contributed by atoms with Crippen LogP contribution in [-0.4, -0.2) is 51.5 Å². The van der Waals surface area contributed by atoms with Crippen LogP contribution in [0.3, 0.4) is 0 Å². The van der Waals surface area contributed by atoms with Gasteiger partial charge in [-0.1, -0.05) is 30.8 Å². The number of fused-ring (bicyclic) bond motifs is 1. The lowest BCUT2D eigenvalue weighted by atomic mass is 9.69. The van der Waals surface area contributed by atoms with Gasteiger partial charge in [0.15, 0.2) is 5.54 Å². The normalized spacial score (nSPS) is 36.3. The Kier molecular flexibility index (Phi) is 6.13. The van der Waals surface area contributed by atoms with Crippen LogP contribution in [0.5, 0.6) is 0 Å². The largest absolute Gasteiger partial charge is 0.389 e. The molecule has 150 valence electrons. The minimum atomic E-state index is -1.49. The first-order valence-electron chi connectivity index (χ1n) is 9.86. The maximum atomic E-state index is 13.4. The molecule has 27 heavy (non-hydrogen) atoms. The predicted molar refractivity (Wildman–Crippen MR) is 103 cm³/mol.